The number of halogens is 1. The van der Waals surface area contributed by atoms with E-state index >= 15 is 0 Å². The number of hydrogen-bond donors (Lipinski definition) is 2. The minimum Gasteiger partial charge on any atom is -0.370 e. The number of anilines is 1. The fourth-order valence-corrected chi connectivity index (χ4v) is 1.89. The number of aromatic nitrogens is 1. The van der Waals surface area contributed by atoms with E-state index in [4.69, 9.17) is 0 Å². The zero-order valence-corrected chi connectivity index (χ0v) is 10.6. The van der Waals surface area contributed by atoms with Crippen LogP contribution in [0.1, 0.15) is 17.3 Å². The lowest BCUT2D eigenvalue weighted by Gasteiger charge is -2.27. The number of carbonyl (C=O) groups is 2. The number of nitrogens with one attached hydrogen (secondary N) is 2. The van der Waals surface area contributed by atoms with E-state index in [9.17, 15) is 14.0 Å². The van der Waals surface area contributed by atoms with E-state index in [0.717, 1.165) is 12.3 Å². The summed E-state index contributed by atoms with van der Waals surface area (Å²) in [5.41, 5.74) is 0.150. The summed E-state index contributed by atoms with van der Waals surface area (Å²) in [5.74, 6) is -0.849. The third kappa shape index (κ3) is 2.98. The van der Waals surface area contributed by atoms with Gasteiger partial charge in [0, 0.05) is 19.6 Å². The van der Waals surface area contributed by atoms with Crippen LogP contribution in [0.5, 0.6) is 0 Å². The molecule has 0 saturated carbocycles. The van der Waals surface area contributed by atoms with Crippen LogP contribution in [0.3, 0.4) is 0 Å². The summed E-state index contributed by atoms with van der Waals surface area (Å²) in [6.07, 6.45) is 1.05. The molecule has 1 fully saturated rings. The monoisotopic (exact) mass is 266 g/mol. The van der Waals surface area contributed by atoms with Crippen molar-refractivity contribution in [3.8, 4) is 0 Å². The maximum Gasteiger partial charge on any atom is 0.258 e. The fourth-order valence-electron chi connectivity index (χ4n) is 1.89. The molecule has 0 radical (unpaired) electrons. The summed E-state index contributed by atoms with van der Waals surface area (Å²) in [4.78, 5) is 28.8. The molecule has 1 aliphatic rings. The molecule has 0 spiro atoms. The van der Waals surface area contributed by atoms with E-state index in [2.05, 4.69) is 15.6 Å². The van der Waals surface area contributed by atoms with Crippen molar-refractivity contribution in [2.75, 3.05) is 31.5 Å². The summed E-state index contributed by atoms with van der Waals surface area (Å²) >= 11 is 0. The van der Waals surface area contributed by atoms with Gasteiger partial charge in [-0.05, 0) is 13.0 Å². The molecule has 0 aromatic carbocycles. The Bertz CT molecular complexity index is 507. The molecule has 1 aromatic heterocycles. The summed E-state index contributed by atoms with van der Waals surface area (Å²) < 4.78 is 13.3. The van der Waals surface area contributed by atoms with Crippen LogP contribution >= 0.6 is 0 Å². The van der Waals surface area contributed by atoms with Crippen molar-refractivity contribution in [1.82, 2.24) is 15.2 Å². The van der Waals surface area contributed by atoms with Crippen LogP contribution in [0.4, 0.5) is 10.2 Å². The molecule has 7 heteroatoms. The molecule has 0 aliphatic carbocycles. The maximum atomic E-state index is 13.3. The number of carbonyl (C=O) groups excluding carboxylic acids is 2. The van der Waals surface area contributed by atoms with Crippen LogP contribution in [-0.4, -0.2) is 47.9 Å². The van der Waals surface area contributed by atoms with Gasteiger partial charge in [-0.1, -0.05) is 0 Å². The molecule has 1 aliphatic heterocycles. The van der Waals surface area contributed by atoms with E-state index in [-0.39, 0.29) is 18.0 Å². The van der Waals surface area contributed by atoms with Crippen molar-refractivity contribution in [2.24, 2.45) is 0 Å². The Labute approximate surface area is 110 Å². The Balaban J connectivity index is 2.26. The molecule has 2 N–H and O–H groups in total. The van der Waals surface area contributed by atoms with Crippen LogP contribution < -0.4 is 10.6 Å². The van der Waals surface area contributed by atoms with E-state index < -0.39 is 11.7 Å². The Morgan fingerprint density at radius 2 is 2.42 bits per heavy atom. The van der Waals surface area contributed by atoms with Gasteiger partial charge in [0.05, 0.1) is 18.3 Å². The van der Waals surface area contributed by atoms with E-state index in [1.54, 1.807) is 0 Å². The van der Waals surface area contributed by atoms with Gasteiger partial charge in [-0.25, -0.2) is 9.37 Å². The smallest absolute Gasteiger partial charge is 0.258 e. The number of amides is 2. The molecule has 19 heavy (non-hydrogen) atoms. The molecule has 0 atom stereocenters. The van der Waals surface area contributed by atoms with Crippen LogP contribution in [0, 0.1) is 5.82 Å². The fraction of sp³-hybridized carbons (Fsp3) is 0.417. The Hall–Kier alpha value is -2.18. The molecule has 2 heterocycles. The summed E-state index contributed by atoms with van der Waals surface area (Å²) in [6.45, 7) is 3.23. The van der Waals surface area contributed by atoms with Gasteiger partial charge in [0.15, 0.2) is 0 Å². The first kappa shape index (κ1) is 13.3. The average molecular weight is 266 g/mol. The average Bonchev–Trinajstić information content (AvgIpc) is 2.40. The number of rotatable bonds is 3. The van der Waals surface area contributed by atoms with Crippen molar-refractivity contribution in [3.05, 3.63) is 23.6 Å². The molecule has 2 amide bonds. The summed E-state index contributed by atoms with van der Waals surface area (Å²) in [7, 11) is 0. The summed E-state index contributed by atoms with van der Waals surface area (Å²) in [5, 5.41) is 5.54. The minimum atomic E-state index is -0.577. The first-order valence-electron chi connectivity index (χ1n) is 6.07. The van der Waals surface area contributed by atoms with E-state index in [1.165, 1.54) is 4.90 Å². The van der Waals surface area contributed by atoms with Crippen molar-refractivity contribution in [3.63, 3.8) is 0 Å². The minimum absolute atomic E-state index is 0.0130. The van der Waals surface area contributed by atoms with Crippen molar-refractivity contribution in [2.45, 2.75) is 6.92 Å². The van der Waals surface area contributed by atoms with Crippen molar-refractivity contribution < 1.29 is 14.0 Å². The molecule has 0 bridgehead atoms. The van der Waals surface area contributed by atoms with Gasteiger partial charge in [0.2, 0.25) is 5.91 Å². The first-order chi connectivity index (χ1) is 9.11. The van der Waals surface area contributed by atoms with Gasteiger partial charge < -0.3 is 15.5 Å². The summed E-state index contributed by atoms with van der Waals surface area (Å²) in [6, 6.07) is 1.14. The second kappa shape index (κ2) is 5.64. The van der Waals surface area contributed by atoms with Crippen LogP contribution in [-0.2, 0) is 4.79 Å². The highest BCUT2D eigenvalue weighted by Gasteiger charge is 2.25. The van der Waals surface area contributed by atoms with Gasteiger partial charge in [-0.3, -0.25) is 9.59 Å². The third-order valence-corrected chi connectivity index (χ3v) is 2.75. The number of hydrogen-bond acceptors (Lipinski definition) is 4. The highest BCUT2D eigenvalue weighted by Crippen LogP contribution is 2.16. The van der Waals surface area contributed by atoms with Crippen molar-refractivity contribution >= 4 is 17.6 Å². The van der Waals surface area contributed by atoms with Gasteiger partial charge >= 0.3 is 0 Å². The van der Waals surface area contributed by atoms with Crippen LogP contribution in [0.25, 0.3) is 0 Å². The standard InChI is InChI=1S/C12H15FN4O2/c1-2-14-11-9(5-8(13)6-16-11)12(19)17-4-3-15-10(18)7-17/h5-6H,2-4,7H2,1H3,(H,14,16)(H,15,18). The molecular weight excluding hydrogens is 251 g/mol. The zero-order chi connectivity index (χ0) is 13.8. The highest BCUT2D eigenvalue weighted by atomic mass is 19.1. The Kier molecular flexibility index (Phi) is 3.94. The normalized spacial score (nSPS) is 15.1. The lowest BCUT2D eigenvalue weighted by Crippen LogP contribution is -2.50. The molecule has 6 nitrogen and oxygen atoms in total. The van der Waals surface area contributed by atoms with Crippen molar-refractivity contribution in [1.29, 1.82) is 0 Å². The predicted molar refractivity (Wildman–Crippen MR) is 67.3 cm³/mol. The molecule has 102 valence electrons. The lowest BCUT2D eigenvalue weighted by molar-refractivity contribution is -0.123. The van der Waals surface area contributed by atoms with Crippen LogP contribution in [0.15, 0.2) is 12.3 Å². The molecule has 2 rings (SSSR count). The number of nitrogens with zero attached hydrogens (tertiary/aromatic N) is 2. The Morgan fingerprint density at radius 3 is 3.11 bits per heavy atom. The van der Waals surface area contributed by atoms with Crippen LogP contribution in [0.2, 0.25) is 0 Å². The second-order valence-electron chi connectivity index (χ2n) is 4.16. The number of pyridine rings is 1. The second-order valence-corrected chi connectivity index (χ2v) is 4.16. The molecule has 1 aromatic rings. The first-order valence-corrected chi connectivity index (χ1v) is 6.07. The number of piperazine rings is 1. The van der Waals surface area contributed by atoms with Gasteiger partial charge in [-0.2, -0.15) is 0 Å². The SMILES string of the molecule is CCNc1ncc(F)cc1C(=O)N1CCNC(=O)C1. The molecule has 0 unspecified atom stereocenters. The quantitative estimate of drug-likeness (QED) is 0.821. The van der Waals surface area contributed by atoms with E-state index in [0.29, 0.717) is 25.5 Å². The zero-order valence-electron chi connectivity index (χ0n) is 10.6. The topological polar surface area (TPSA) is 74.3 Å². The third-order valence-electron chi connectivity index (χ3n) is 2.75. The van der Waals surface area contributed by atoms with E-state index in [1.807, 2.05) is 6.92 Å². The van der Waals surface area contributed by atoms with Gasteiger partial charge in [0.25, 0.3) is 5.91 Å². The molecule has 1 saturated heterocycles. The van der Waals surface area contributed by atoms with Gasteiger partial charge in [-0.15, -0.1) is 0 Å². The highest BCUT2D eigenvalue weighted by molar-refractivity contribution is 6.00. The largest absolute Gasteiger partial charge is 0.370 e. The lowest BCUT2D eigenvalue weighted by atomic mass is 10.2. The molecular formula is C12H15FN4O2. The Morgan fingerprint density at radius 1 is 1.63 bits per heavy atom. The van der Waals surface area contributed by atoms with Gasteiger partial charge in [0.1, 0.15) is 11.6 Å². The predicted octanol–water partition coefficient (Wildman–Crippen LogP) is 0.224. The maximum absolute atomic E-state index is 13.3.